The Morgan fingerprint density at radius 2 is 1.83 bits per heavy atom. The number of thiophene rings is 1. The molecule has 1 saturated heterocycles. The number of urea groups is 1. The second-order valence-electron chi connectivity index (χ2n) is 8.18. The summed E-state index contributed by atoms with van der Waals surface area (Å²) >= 11 is 1.68. The van der Waals surface area contributed by atoms with Gasteiger partial charge in [-0.25, -0.2) is 9.69 Å². The summed E-state index contributed by atoms with van der Waals surface area (Å²) in [6.45, 7) is 1.52. The Hall–Kier alpha value is -2.38. The van der Waals surface area contributed by atoms with Crippen LogP contribution in [-0.2, 0) is 17.9 Å². The number of rotatable bonds is 7. The van der Waals surface area contributed by atoms with Crippen LogP contribution < -0.4 is 10.1 Å². The van der Waals surface area contributed by atoms with Gasteiger partial charge in [-0.3, -0.25) is 9.69 Å². The molecule has 160 valence electrons. The van der Waals surface area contributed by atoms with E-state index in [1.807, 2.05) is 35.7 Å². The molecule has 7 heteroatoms. The number of carbonyl (C=O) groups excluding carboxylic acids is 2. The third-order valence-electron chi connectivity index (χ3n) is 6.09. The standard InChI is InChI=1S/C23H29N3O3S/c1-29-20-11-5-4-9-18(20)15-25(16-19-10-8-14-30-19)17-26-21(27)23(24-22(26)28)12-6-2-3-7-13-23/h4-5,8-11,14H,2-3,6-7,12-13,15-17H2,1H3,(H,24,28). The van der Waals surface area contributed by atoms with Gasteiger partial charge in [0.2, 0.25) is 0 Å². The fraction of sp³-hybridized carbons (Fsp3) is 0.478. The molecule has 1 aliphatic carbocycles. The maximum absolute atomic E-state index is 13.4. The molecular weight excluding hydrogens is 398 g/mol. The number of para-hydroxylation sites is 1. The number of benzene rings is 1. The second-order valence-corrected chi connectivity index (χ2v) is 9.21. The van der Waals surface area contributed by atoms with Crippen LogP contribution in [0.4, 0.5) is 4.79 Å². The van der Waals surface area contributed by atoms with Crippen molar-refractivity contribution in [2.75, 3.05) is 13.8 Å². The summed E-state index contributed by atoms with van der Waals surface area (Å²) in [5, 5.41) is 5.09. The molecule has 1 aliphatic heterocycles. The molecule has 1 spiro atoms. The number of methoxy groups -OCH3 is 1. The average molecular weight is 428 g/mol. The first-order chi connectivity index (χ1) is 14.6. The maximum atomic E-state index is 13.4. The fourth-order valence-electron chi connectivity index (χ4n) is 4.53. The zero-order valence-corrected chi connectivity index (χ0v) is 18.2. The number of hydrogen-bond acceptors (Lipinski definition) is 5. The van der Waals surface area contributed by atoms with Crippen LogP contribution >= 0.6 is 11.3 Å². The number of imide groups is 1. The Labute approximate surface area is 181 Å². The molecule has 1 aromatic carbocycles. The number of nitrogens with one attached hydrogen (secondary N) is 1. The molecule has 0 bridgehead atoms. The number of carbonyl (C=O) groups is 2. The minimum atomic E-state index is -0.702. The van der Waals surface area contributed by atoms with E-state index in [1.54, 1.807) is 18.4 Å². The summed E-state index contributed by atoms with van der Waals surface area (Å²) in [6, 6.07) is 11.7. The SMILES string of the molecule is COc1ccccc1CN(Cc1cccs1)CN1C(=O)NC2(CCCCCC2)C1=O. The van der Waals surface area contributed by atoms with Crippen LogP contribution in [0.2, 0.25) is 0 Å². The zero-order chi connectivity index (χ0) is 21.0. The van der Waals surface area contributed by atoms with E-state index in [4.69, 9.17) is 4.74 Å². The van der Waals surface area contributed by atoms with Crippen molar-refractivity contribution in [3.05, 3.63) is 52.2 Å². The first-order valence-electron chi connectivity index (χ1n) is 10.6. The van der Waals surface area contributed by atoms with Gasteiger partial charge in [-0.05, 0) is 30.4 Å². The topological polar surface area (TPSA) is 61.9 Å². The van der Waals surface area contributed by atoms with Crippen LogP contribution in [-0.4, -0.2) is 41.1 Å². The number of nitrogens with zero attached hydrogens (tertiary/aromatic N) is 2. The van der Waals surface area contributed by atoms with Gasteiger partial charge < -0.3 is 10.1 Å². The minimum absolute atomic E-state index is 0.0643. The Bertz CT molecular complexity index is 876. The fourth-order valence-corrected chi connectivity index (χ4v) is 5.28. The molecule has 2 aromatic rings. The second kappa shape index (κ2) is 9.18. The Kier molecular flexibility index (Phi) is 6.39. The lowest BCUT2D eigenvalue weighted by Crippen LogP contribution is -2.47. The van der Waals surface area contributed by atoms with Gasteiger partial charge in [0.15, 0.2) is 0 Å². The molecule has 0 atom stereocenters. The lowest BCUT2D eigenvalue weighted by Gasteiger charge is -2.28. The van der Waals surface area contributed by atoms with Crippen molar-refractivity contribution in [1.82, 2.24) is 15.1 Å². The lowest BCUT2D eigenvalue weighted by molar-refractivity contribution is -0.133. The molecule has 2 fully saturated rings. The molecular formula is C23H29N3O3S. The average Bonchev–Trinajstić information content (AvgIpc) is 3.24. The lowest BCUT2D eigenvalue weighted by atomic mass is 9.90. The molecule has 1 saturated carbocycles. The molecule has 30 heavy (non-hydrogen) atoms. The van der Waals surface area contributed by atoms with Crippen LogP contribution in [0.5, 0.6) is 5.75 Å². The van der Waals surface area contributed by atoms with Crippen LogP contribution in [0, 0.1) is 0 Å². The molecule has 6 nitrogen and oxygen atoms in total. The smallest absolute Gasteiger partial charge is 0.326 e. The summed E-state index contributed by atoms with van der Waals surface area (Å²) in [7, 11) is 1.66. The van der Waals surface area contributed by atoms with E-state index in [-0.39, 0.29) is 18.6 Å². The largest absolute Gasteiger partial charge is 0.496 e. The van der Waals surface area contributed by atoms with Crippen LogP contribution in [0.15, 0.2) is 41.8 Å². The third kappa shape index (κ3) is 4.37. The van der Waals surface area contributed by atoms with E-state index in [0.29, 0.717) is 13.1 Å². The monoisotopic (exact) mass is 427 g/mol. The van der Waals surface area contributed by atoms with E-state index in [9.17, 15) is 9.59 Å². The van der Waals surface area contributed by atoms with Crippen molar-refractivity contribution in [3.8, 4) is 5.75 Å². The van der Waals surface area contributed by atoms with E-state index < -0.39 is 5.54 Å². The van der Waals surface area contributed by atoms with Crippen molar-refractivity contribution in [2.45, 2.75) is 57.2 Å². The highest BCUT2D eigenvalue weighted by atomic mass is 32.1. The van der Waals surface area contributed by atoms with Gasteiger partial charge in [0, 0.05) is 23.5 Å². The van der Waals surface area contributed by atoms with Crippen LogP contribution in [0.3, 0.4) is 0 Å². The predicted molar refractivity (Wildman–Crippen MR) is 117 cm³/mol. The van der Waals surface area contributed by atoms with Crippen molar-refractivity contribution in [2.24, 2.45) is 0 Å². The van der Waals surface area contributed by atoms with Crippen molar-refractivity contribution < 1.29 is 14.3 Å². The minimum Gasteiger partial charge on any atom is -0.496 e. The first kappa shape index (κ1) is 20.9. The van der Waals surface area contributed by atoms with Gasteiger partial charge in [0.1, 0.15) is 11.3 Å². The predicted octanol–water partition coefficient (Wildman–Crippen LogP) is 4.36. The normalized spacial score (nSPS) is 18.7. The summed E-state index contributed by atoms with van der Waals surface area (Å²) in [5.41, 5.74) is 0.333. The van der Waals surface area contributed by atoms with Gasteiger partial charge in [-0.1, -0.05) is 49.9 Å². The molecule has 1 aromatic heterocycles. The number of hydrogen-bond donors (Lipinski definition) is 1. The van der Waals surface area contributed by atoms with Gasteiger partial charge in [-0.15, -0.1) is 11.3 Å². The molecule has 2 heterocycles. The molecule has 3 amide bonds. The van der Waals surface area contributed by atoms with Crippen molar-refractivity contribution in [1.29, 1.82) is 0 Å². The highest BCUT2D eigenvalue weighted by Gasteiger charge is 2.50. The summed E-state index contributed by atoms with van der Waals surface area (Å²) in [4.78, 5) is 30.9. The van der Waals surface area contributed by atoms with Crippen molar-refractivity contribution in [3.63, 3.8) is 0 Å². The van der Waals surface area contributed by atoms with Crippen LogP contribution in [0.25, 0.3) is 0 Å². The molecule has 4 rings (SSSR count). The molecule has 2 aliphatic rings. The van der Waals surface area contributed by atoms with Crippen LogP contribution in [0.1, 0.15) is 49.0 Å². The van der Waals surface area contributed by atoms with Gasteiger partial charge in [-0.2, -0.15) is 0 Å². The Morgan fingerprint density at radius 3 is 2.53 bits per heavy atom. The highest BCUT2D eigenvalue weighted by Crippen LogP contribution is 2.33. The van der Waals surface area contributed by atoms with Crippen molar-refractivity contribution >= 4 is 23.3 Å². The number of ether oxygens (including phenoxy) is 1. The molecule has 0 radical (unpaired) electrons. The molecule has 0 unspecified atom stereocenters. The molecule has 1 N–H and O–H groups in total. The van der Waals surface area contributed by atoms with Gasteiger partial charge >= 0.3 is 6.03 Å². The van der Waals surface area contributed by atoms with E-state index in [0.717, 1.165) is 49.8 Å². The van der Waals surface area contributed by atoms with Gasteiger partial charge in [0.25, 0.3) is 5.91 Å². The summed E-state index contributed by atoms with van der Waals surface area (Å²) in [6.07, 6.45) is 5.71. The third-order valence-corrected chi connectivity index (χ3v) is 6.95. The van der Waals surface area contributed by atoms with E-state index in [1.165, 1.54) is 9.78 Å². The van der Waals surface area contributed by atoms with E-state index in [2.05, 4.69) is 16.3 Å². The Balaban J connectivity index is 1.55. The van der Waals surface area contributed by atoms with Gasteiger partial charge in [0.05, 0.1) is 13.8 Å². The summed E-state index contributed by atoms with van der Waals surface area (Å²) in [5.74, 6) is 0.747. The Morgan fingerprint density at radius 1 is 1.07 bits per heavy atom. The quantitative estimate of drug-likeness (QED) is 0.667. The van der Waals surface area contributed by atoms with E-state index >= 15 is 0 Å². The summed E-state index contributed by atoms with van der Waals surface area (Å²) < 4.78 is 5.51. The number of amides is 3. The first-order valence-corrected chi connectivity index (χ1v) is 11.5. The maximum Gasteiger partial charge on any atom is 0.326 e. The highest BCUT2D eigenvalue weighted by molar-refractivity contribution is 7.09. The zero-order valence-electron chi connectivity index (χ0n) is 17.4.